The van der Waals surface area contributed by atoms with Crippen LogP contribution in [-0.4, -0.2) is 83.0 Å². The lowest BCUT2D eigenvalue weighted by Crippen LogP contribution is -2.57. The smallest absolute Gasteiger partial charge is 0.409 e. The molecule has 21 heavy (non-hydrogen) atoms. The Bertz CT molecular complexity index is 392. The zero-order chi connectivity index (χ0) is 16.0. The molecule has 1 heterocycles. The Balaban J connectivity index is 2.48. The summed E-state index contributed by atoms with van der Waals surface area (Å²) in [5.41, 5.74) is 0. The SMILES string of the molecule is CCOC(=O)N1CCN(C(=O)NC(C(=O)O)C(C)O)CC1. The van der Waals surface area contributed by atoms with E-state index >= 15 is 0 Å². The molecule has 0 aromatic carbocycles. The first-order valence-electron chi connectivity index (χ1n) is 6.74. The van der Waals surface area contributed by atoms with Crippen LogP contribution in [0.5, 0.6) is 0 Å². The van der Waals surface area contributed by atoms with Gasteiger partial charge < -0.3 is 30.1 Å². The Kier molecular flexibility index (Phi) is 6.22. The number of nitrogens with one attached hydrogen (secondary N) is 1. The van der Waals surface area contributed by atoms with Crippen molar-refractivity contribution < 1.29 is 29.3 Å². The van der Waals surface area contributed by atoms with Gasteiger partial charge in [0.1, 0.15) is 0 Å². The highest BCUT2D eigenvalue weighted by Gasteiger charge is 2.29. The number of ether oxygens (including phenoxy) is 1. The number of urea groups is 1. The molecular weight excluding hydrogens is 282 g/mol. The van der Waals surface area contributed by atoms with E-state index in [1.165, 1.54) is 16.7 Å². The molecule has 1 aliphatic heterocycles. The van der Waals surface area contributed by atoms with E-state index in [1.54, 1.807) is 6.92 Å². The number of carboxylic acid groups (broad SMARTS) is 1. The van der Waals surface area contributed by atoms with Gasteiger partial charge >= 0.3 is 18.1 Å². The van der Waals surface area contributed by atoms with Crippen molar-refractivity contribution in [2.24, 2.45) is 0 Å². The van der Waals surface area contributed by atoms with Crippen molar-refractivity contribution >= 4 is 18.1 Å². The summed E-state index contributed by atoms with van der Waals surface area (Å²) in [6.07, 6.45) is -1.63. The molecule has 0 saturated carbocycles. The first kappa shape index (κ1) is 17.0. The van der Waals surface area contributed by atoms with Gasteiger partial charge in [-0.3, -0.25) is 0 Å². The second-order valence-corrected chi connectivity index (χ2v) is 4.68. The van der Waals surface area contributed by atoms with Gasteiger partial charge in [0.15, 0.2) is 6.04 Å². The molecule has 1 aliphatic rings. The average molecular weight is 303 g/mol. The lowest BCUT2D eigenvalue weighted by molar-refractivity contribution is -0.141. The number of carboxylic acids is 1. The molecule has 1 rings (SSSR count). The number of aliphatic hydroxyl groups excluding tert-OH is 1. The molecule has 3 amide bonds. The van der Waals surface area contributed by atoms with E-state index in [0.29, 0.717) is 13.1 Å². The van der Waals surface area contributed by atoms with E-state index in [0.717, 1.165) is 0 Å². The average Bonchev–Trinajstić information content (AvgIpc) is 2.44. The number of carbonyl (C=O) groups excluding carboxylic acids is 2. The van der Waals surface area contributed by atoms with Gasteiger partial charge in [0.2, 0.25) is 0 Å². The number of piperazine rings is 1. The summed E-state index contributed by atoms with van der Waals surface area (Å²) in [5.74, 6) is -1.30. The number of aliphatic carboxylic acids is 1. The maximum absolute atomic E-state index is 11.9. The third kappa shape index (κ3) is 4.78. The van der Waals surface area contributed by atoms with Crippen molar-refractivity contribution in [3.05, 3.63) is 0 Å². The van der Waals surface area contributed by atoms with Crippen LogP contribution in [0.3, 0.4) is 0 Å². The van der Waals surface area contributed by atoms with Gasteiger partial charge in [-0.2, -0.15) is 0 Å². The van der Waals surface area contributed by atoms with Gasteiger partial charge in [0.25, 0.3) is 0 Å². The molecular formula is C12H21N3O6. The number of nitrogens with zero attached hydrogens (tertiary/aromatic N) is 2. The Hall–Kier alpha value is -2.03. The summed E-state index contributed by atoms with van der Waals surface area (Å²) in [5, 5.41) is 20.5. The van der Waals surface area contributed by atoms with Crippen molar-refractivity contribution in [3.8, 4) is 0 Å². The molecule has 3 N–H and O–H groups in total. The van der Waals surface area contributed by atoms with Crippen LogP contribution in [0.15, 0.2) is 0 Å². The van der Waals surface area contributed by atoms with Crippen molar-refractivity contribution in [2.45, 2.75) is 26.0 Å². The predicted molar refractivity (Wildman–Crippen MR) is 71.8 cm³/mol. The molecule has 0 aromatic heterocycles. The second-order valence-electron chi connectivity index (χ2n) is 4.68. The third-order valence-electron chi connectivity index (χ3n) is 3.12. The minimum atomic E-state index is -1.36. The van der Waals surface area contributed by atoms with Crippen LogP contribution >= 0.6 is 0 Å². The molecule has 1 saturated heterocycles. The first-order valence-corrected chi connectivity index (χ1v) is 6.74. The van der Waals surface area contributed by atoms with Gasteiger partial charge in [-0.05, 0) is 13.8 Å². The quantitative estimate of drug-likeness (QED) is 0.632. The number of carbonyl (C=O) groups is 3. The van der Waals surface area contributed by atoms with Gasteiger partial charge in [0, 0.05) is 26.2 Å². The van der Waals surface area contributed by atoms with Crippen LogP contribution in [0.2, 0.25) is 0 Å². The molecule has 0 bridgehead atoms. The molecule has 0 aliphatic carbocycles. The van der Waals surface area contributed by atoms with E-state index in [2.05, 4.69) is 5.32 Å². The molecule has 0 spiro atoms. The molecule has 9 nitrogen and oxygen atoms in total. The molecule has 0 radical (unpaired) electrons. The number of hydrogen-bond donors (Lipinski definition) is 3. The van der Waals surface area contributed by atoms with Crippen molar-refractivity contribution in [3.63, 3.8) is 0 Å². The highest BCUT2D eigenvalue weighted by atomic mass is 16.6. The zero-order valence-corrected chi connectivity index (χ0v) is 12.1. The fraction of sp³-hybridized carbons (Fsp3) is 0.750. The monoisotopic (exact) mass is 303 g/mol. The standard InChI is InChI=1S/C12H21N3O6/c1-3-21-12(20)15-6-4-14(5-7-15)11(19)13-9(8(2)16)10(17)18/h8-9,16H,3-7H2,1-2H3,(H,13,19)(H,17,18). The van der Waals surface area contributed by atoms with Crippen molar-refractivity contribution in [2.75, 3.05) is 32.8 Å². The fourth-order valence-electron chi connectivity index (χ4n) is 1.92. The Morgan fingerprint density at radius 1 is 1.19 bits per heavy atom. The summed E-state index contributed by atoms with van der Waals surface area (Å²) in [6.45, 7) is 4.47. The summed E-state index contributed by atoms with van der Waals surface area (Å²) >= 11 is 0. The number of amides is 3. The highest BCUT2D eigenvalue weighted by Crippen LogP contribution is 2.05. The first-order chi connectivity index (χ1) is 9.86. The Morgan fingerprint density at radius 3 is 2.14 bits per heavy atom. The zero-order valence-electron chi connectivity index (χ0n) is 12.1. The van der Waals surface area contributed by atoms with Crippen LogP contribution in [-0.2, 0) is 9.53 Å². The van der Waals surface area contributed by atoms with Crippen LogP contribution in [0.4, 0.5) is 9.59 Å². The molecule has 9 heteroatoms. The summed E-state index contributed by atoms with van der Waals surface area (Å²) < 4.78 is 4.86. The fourth-order valence-corrected chi connectivity index (χ4v) is 1.92. The van der Waals surface area contributed by atoms with Gasteiger partial charge in [-0.15, -0.1) is 0 Å². The minimum absolute atomic E-state index is 0.275. The summed E-state index contributed by atoms with van der Waals surface area (Å²) in [7, 11) is 0. The number of aliphatic hydroxyl groups is 1. The molecule has 2 unspecified atom stereocenters. The summed E-state index contributed by atoms with van der Waals surface area (Å²) in [4.78, 5) is 37.2. The Labute approximate surface area is 122 Å². The maximum atomic E-state index is 11.9. The van der Waals surface area contributed by atoms with Gasteiger partial charge in [0.05, 0.1) is 12.7 Å². The largest absolute Gasteiger partial charge is 0.480 e. The molecule has 2 atom stereocenters. The summed E-state index contributed by atoms with van der Waals surface area (Å²) in [6, 6.07) is -1.94. The van der Waals surface area contributed by atoms with Crippen molar-refractivity contribution in [1.29, 1.82) is 0 Å². The van der Waals surface area contributed by atoms with Crippen molar-refractivity contribution in [1.82, 2.24) is 15.1 Å². The van der Waals surface area contributed by atoms with E-state index < -0.39 is 30.2 Å². The van der Waals surface area contributed by atoms with Gasteiger partial charge in [-0.25, -0.2) is 14.4 Å². The van der Waals surface area contributed by atoms with E-state index in [4.69, 9.17) is 9.84 Å². The Morgan fingerprint density at radius 2 is 1.71 bits per heavy atom. The number of hydrogen-bond acceptors (Lipinski definition) is 5. The van der Waals surface area contributed by atoms with Crippen LogP contribution in [0.1, 0.15) is 13.8 Å². The maximum Gasteiger partial charge on any atom is 0.409 e. The lowest BCUT2D eigenvalue weighted by Gasteiger charge is -2.34. The molecule has 120 valence electrons. The van der Waals surface area contributed by atoms with E-state index in [1.807, 2.05) is 0 Å². The predicted octanol–water partition coefficient (Wildman–Crippen LogP) is -0.696. The van der Waals surface area contributed by atoms with Crippen LogP contribution in [0.25, 0.3) is 0 Å². The molecule has 0 aromatic rings. The minimum Gasteiger partial charge on any atom is -0.480 e. The van der Waals surface area contributed by atoms with E-state index in [-0.39, 0.29) is 19.7 Å². The topological polar surface area (TPSA) is 119 Å². The lowest BCUT2D eigenvalue weighted by atomic mass is 10.2. The van der Waals surface area contributed by atoms with E-state index in [9.17, 15) is 19.5 Å². The molecule has 1 fully saturated rings. The normalized spacial score (nSPS) is 17.9. The van der Waals surface area contributed by atoms with Crippen LogP contribution < -0.4 is 5.32 Å². The van der Waals surface area contributed by atoms with Gasteiger partial charge in [-0.1, -0.05) is 0 Å². The number of rotatable bonds is 4. The van der Waals surface area contributed by atoms with Crippen LogP contribution in [0, 0.1) is 0 Å². The highest BCUT2D eigenvalue weighted by molar-refractivity contribution is 5.83. The third-order valence-corrected chi connectivity index (χ3v) is 3.12. The second kappa shape index (κ2) is 7.67.